The molecule has 2 amide bonds. The van der Waals surface area contributed by atoms with Gasteiger partial charge < -0.3 is 10.2 Å². The third kappa shape index (κ3) is 3.04. The van der Waals surface area contributed by atoms with Crippen molar-refractivity contribution in [3.8, 4) is 0 Å². The molecular weight excluding hydrogens is 308 g/mol. The van der Waals surface area contributed by atoms with Gasteiger partial charge in [-0.05, 0) is 48.4 Å². The maximum absolute atomic E-state index is 13.2. The highest BCUT2D eigenvalue weighted by atomic mass is 16.2. The highest BCUT2D eigenvalue weighted by Gasteiger charge is 2.45. The van der Waals surface area contributed by atoms with Crippen molar-refractivity contribution >= 4 is 11.7 Å². The molecule has 2 aliphatic rings. The summed E-state index contributed by atoms with van der Waals surface area (Å²) in [6.45, 7) is 3.02. The smallest absolute Gasteiger partial charge is 0.315 e. The van der Waals surface area contributed by atoms with Crippen molar-refractivity contribution in [2.24, 2.45) is 0 Å². The average molecular weight is 334 g/mol. The predicted octanol–water partition coefficient (Wildman–Crippen LogP) is 5.54. The average Bonchev–Trinajstić information content (AvgIpc) is 3.05. The number of amides is 2. The third-order valence-electron chi connectivity index (χ3n) is 5.98. The predicted molar refractivity (Wildman–Crippen MR) is 102 cm³/mol. The maximum Gasteiger partial charge on any atom is 0.322 e. The van der Waals surface area contributed by atoms with E-state index in [1.54, 1.807) is 0 Å². The lowest BCUT2D eigenvalue weighted by Crippen LogP contribution is -2.51. The van der Waals surface area contributed by atoms with Gasteiger partial charge in [-0.2, -0.15) is 0 Å². The lowest BCUT2D eigenvalue weighted by Gasteiger charge is -2.41. The highest BCUT2D eigenvalue weighted by Crippen LogP contribution is 2.46. The summed E-state index contributed by atoms with van der Waals surface area (Å²) in [5.41, 5.74) is 3.56. The Kier molecular flexibility index (Phi) is 4.24. The number of carbonyl (C=O) groups excluding carboxylic acids is 1. The monoisotopic (exact) mass is 334 g/mol. The quantitative estimate of drug-likeness (QED) is 0.729. The molecule has 1 aliphatic carbocycles. The molecule has 3 nitrogen and oxygen atoms in total. The van der Waals surface area contributed by atoms with Gasteiger partial charge in [0, 0.05) is 17.8 Å². The number of urea groups is 1. The van der Waals surface area contributed by atoms with Crippen molar-refractivity contribution in [3.63, 3.8) is 0 Å². The first-order valence-electron chi connectivity index (χ1n) is 9.39. The fraction of sp³-hybridized carbons (Fsp3) is 0.409. The minimum Gasteiger partial charge on any atom is -0.315 e. The lowest BCUT2D eigenvalue weighted by molar-refractivity contribution is 0.111. The lowest BCUT2D eigenvalue weighted by atomic mass is 9.83. The van der Waals surface area contributed by atoms with Crippen LogP contribution >= 0.6 is 0 Å². The molecule has 0 unspecified atom stereocenters. The number of para-hydroxylation sites is 1. The van der Waals surface area contributed by atoms with Crippen LogP contribution < -0.4 is 5.32 Å². The molecule has 0 radical (unpaired) electrons. The Bertz CT molecular complexity index is 750. The largest absolute Gasteiger partial charge is 0.322 e. The van der Waals surface area contributed by atoms with Crippen LogP contribution in [0.2, 0.25) is 0 Å². The molecule has 3 heteroatoms. The molecule has 0 aromatic heterocycles. The van der Waals surface area contributed by atoms with Crippen molar-refractivity contribution in [2.75, 3.05) is 5.32 Å². The molecule has 25 heavy (non-hydrogen) atoms. The van der Waals surface area contributed by atoms with Crippen LogP contribution in [0.1, 0.15) is 56.1 Å². The summed E-state index contributed by atoms with van der Waals surface area (Å²) in [4.78, 5) is 15.3. The third-order valence-corrected chi connectivity index (χ3v) is 5.98. The molecule has 1 fully saturated rings. The van der Waals surface area contributed by atoms with Gasteiger partial charge in [0.15, 0.2) is 0 Å². The normalized spacial score (nSPS) is 21.6. The summed E-state index contributed by atoms with van der Waals surface area (Å²) in [7, 11) is 0. The van der Waals surface area contributed by atoms with Gasteiger partial charge in [0.25, 0.3) is 0 Å². The number of benzene rings is 2. The Morgan fingerprint density at radius 3 is 2.48 bits per heavy atom. The maximum atomic E-state index is 13.2. The number of hydrogen-bond donors (Lipinski definition) is 1. The van der Waals surface area contributed by atoms with Crippen LogP contribution in [0.5, 0.6) is 0 Å². The molecule has 1 N–H and O–H groups in total. The van der Waals surface area contributed by atoms with Crippen LogP contribution in [-0.4, -0.2) is 16.5 Å². The van der Waals surface area contributed by atoms with Crippen LogP contribution in [0.3, 0.4) is 0 Å². The van der Waals surface area contributed by atoms with E-state index in [4.69, 9.17) is 0 Å². The van der Waals surface area contributed by atoms with Crippen LogP contribution in [-0.2, 0) is 6.54 Å². The Labute approximate surface area is 150 Å². The zero-order valence-electron chi connectivity index (χ0n) is 14.9. The van der Waals surface area contributed by atoms with E-state index >= 15 is 0 Å². The Balaban J connectivity index is 1.68. The molecule has 0 bridgehead atoms. The molecule has 1 spiro atoms. The highest BCUT2D eigenvalue weighted by molar-refractivity contribution is 5.90. The second-order valence-corrected chi connectivity index (χ2v) is 7.62. The van der Waals surface area contributed by atoms with E-state index in [9.17, 15) is 4.79 Å². The molecule has 1 aliphatic heterocycles. The van der Waals surface area contributed by atoms with Crippen molar-refractivity contribution in [3.05, 3.63) is 65.7 Å². The molecular formula is C22H26N2O. The van der Waals surface area contributed by atoms with Crippen LogP contribution in [0, 0.1) is 0 Å². The zero-order valence-corrected chi connectivity index (χ0v) is 14.9. The topological polar surface area (TPSA) is 32.3 Å². The molecule has 1 atom stereocenters. The molecule has 0 saturated heterocycles. The first-order valence-corrected chi connectivity index (χ1v) is 9.39. The first kappa shape index (κ1) is 16.2. The number of carbonyl (C=O) groups is 1. The van der Waals surface area contributed by atoms with Crippen LogP contribution in [0.15, 0.2) is 54.6 Å². The first-order chi connectivity index (χ1) is 12.2. The molecule has 130 valence electrons. The van der Waals surface area contributed by atoms with Crippen molar-refractivity contribution in [1.82, 2.24) is 4.90 Å². The van der Waals surface area contributed by atoms with E-state index < -0.39 is 0 Å². The minimum atomic E-state index is -0.00268. The number of fused-ring (bicyclic) bond motifs is 1. The molecule has 4 rings (SSSR count). The van der Waals surface area contributed by atoms with E-state index in [0.717, 1.165) is 24.9 Å². The van der Waals surface area contributed by atoms with Crippen molar-refractivity contribution in [1.29, 1.82) is 0 Å². The van der Waals surface area contributed by atoms with E-state index in [1.165, 1.54) is 24.0 Å². The molecule has 1 saturated carbocycles. The number of rotatable bonds is 1. The second kappa shape index (κ2) is 6.55. The van der Waals surface area contributed by atoms with Gasteiger partial charge in [-0.1, -0.05) is 62.2 Å². The number of hydrogen-bond acceptors (Lipinski definition) is 1. The van der Waals surface area contributed by atoms with E-state index in [-0.39, 0.29) is 11.6 Å². The van der Waals surface area contributed by atoms with Gasteiger partial charge in [0.05, 0.1) is 0 Å². The summed E-state index contributed by atoms with van der Waals surface area (Å²) < 4.78 is 0. The Hall–Kier alpha value is -2.29. The SMILES string of the molecule is C[C@@H]1CC2(CCCC2)N(C(=O)Nc2ccccc2)Cc2ccccc21. The van der Waals surface area contributed by atoms with Gasteiger partial charge in [0.1, 0.15) is 0 Å². The van der Waals surface area contributed by atoms with E-state index in [0.29, 0.717) is 12.5 Å². The Morgan fingerprint density at radius 1 is 1.04 bits per heavy atom. The zero-order chi connectivity index (χ0) is 17.3. The van der Waals surface area contributed by atoms with Crippen molar-refractivity contribution in [2.45, 2.75) is 57.0 Å². The van der Waals surface area contributed by atoms with Crippen LogP contribution in [0.4, 0.5) is 10.5 Å². The van der Waals surface area contributed by atoms with E-state index in [1.807, 2.05) is 30.3 Å². The summed E-state index contributed by atoms with van der Waals surface area (Å²) in [6, 6.07) is 18.5. The standard InChI is InChI=1S/C22H26N2O/c1-17-15-22(13-7-8-14-22)24(16-18-9-5-6-12-20(17)18)21(25)23-19-10-3-2-4-11-19/h2-6,9-12,17H,7-8,13-16H2,1H3,(H,23,25)/t17-/m1/s1. The van der Waals surface area contributed by atoms with Crippen molar-refractivity contribution < 1.29 is 4.79 Å². The van der Waals surface area contributed by atoms with Gasteiger partial charge >= 0.3 is 6.03 Å². The number of nitrogens with one attached hydrogen (secondary N) is 1. The van der Waals surface area contributed by atoms with Gasteiger partial charge in [-0.25, -0.2) is 4.79 Å². The second-order valence-electron chi connectivity index (χ2n) is 7.62. The molecule has 2 aromatic carbocycles. The minimum absolute atomic E-state index is 0.00268. The van der Waals surface area contributed by atoms with Gasteiger partial charge in [-0.15, -0.1) is 0 Å². The van der Waals surface area contributed by atoms with Gasteiger partial charge in [-0.3, -0.25) is 0 Å². The summed E-state index contributed by atoms with van der Waals surface area (Å²) in [6.07, 6.45) is 5.74. The molecule has 1 heterocycles. The number of anilines is 1. The summed E-state index contributed by atoms with van der Waals surface area (Å²) in [5, 5.41) is 3.12. The number of nitrogens with zero attached hydrogens (tertiary/aromatic N) is 1. The summed E-state index contributed by atoms with van der Waals surface area (Å²) >= 11 is 0. The van der Waals surface area contributed by atoms with Crippen LogP contribution in [0.25, 0.3) is 0 Å². The van der Waals surface area contributed by atoms with Gasteiger partial charge in [0.2, 0.25) is 0 Å². The molecule has 2 aromatic rings. The fourth-order valence-electron chi connectivity index (χ4n) is 4.79. The fourth-order valence-corrected chi connectivity index (χ4v) is 4.79. The summed E-state index contributed by atoms with van der Waals surface area (Å²) in [5.74, 6) is 0.490. The van der Waals surface area contributed by atoms with E-state index in [2.05, 4.69) is 41.4 Å². The Morgan fingerprint density at radius 2 is 1.72 bits per heavy atom.